The number of carbonyl (C=O) groups is 1. The molecule has 0 aromatic carbocycles. The van der Waals surface area contributed by atoms with Crippen LogP contribution in [0, 0.1) is 17.2 Å². The molecular formula is C38H60N4O2. The van der Waals surface area contributed by atoms with E-state index in [1.165, 1.54) is 35.3 Å². The first kappa shape index (κ1) is 38.9. The standard InChI is InChI=1S/C25H41N3O2.C13H19N/c1-9-11-14-26-19(4)23(22(10-2)21-12-13-21)20(5)27-15-16-28(18(3)17-27)24(29)25(6,7)30-8;1-4-6-7-9-13(11-14)10-12(3)8-5-2/h10-11,14,18,21H,9,12-13,15-17H2,1-8H3;6-7,9-10H,4-5,8H2,1-3H3/b14-11+,22-10-,23-20-,26-19+;7-6+,12-10+,13-9+. The number of amides is 1. The summed E-state index contributed by atoms with van der Waals surface area (Å²) >= 11 is 0. The first-order valence-corrected chi connectivity index (χ1v) is 16.5. The molecule has 244 valence electrons. The van der Waals surface area contributed by atoms with Crippen molar-refractivity contribution < 1.29 is 9.53 Å². The fourth-order valence-corrected chi connectivity index (χ4v) is 5.31. The number of nitriles is 1. The SMILES string of the molecule is CC/C=C/C=C(C#N)\C=C(/C)CCC.C\C=C(C(/C(C)=N/C=C/CC)=C(/C)N1CCN(C(=O)C(C)(C)OC)C(C)C1)\C1CC1. The second-order valence-electron chi connectivity index (χ2n) is 12.3. The fraction of sp³-hybridized carbons (Fsp3) is 0.605. The van der Waals surface area contributed by atoms with Crippen LogP contribution >= 0.6 is 0 Å². The monoisotopic (exact) mass is 604 g/mol. The van der Waals surface area contributed by atoms with Crippen LogP contribution in [0.25, 0.3) is 0 Å². The Bertz CT molecular complexity index is 1190. The molecule has 6 nitrogen and oxygen atoms in total. The Morgan fingerprint density at radius 1 is 1.09 bits per heavy atom. The van der Waals surface area contributed by atoms with Crippen LogP contribution in [-0.2, 0) is 9.53 Å². The topological polar surface area (TPSA) is 68.9 Å². The molecule has 1 saturated heterocycles. The molecular weight excluding hydrogens is 544 g/mol. The van der Waals surface area contributed by atoms with Gasteiger partial charge in [-0.15, -0.1) is 0 Å². The fourth-order valence-electron chi connectivity index (χ4n) is 5.31. The molecule has 2 aliphatic rings. The number of hydrogen-bond donors (Lipinski definition) is 0. The van der Waals surface area contributed by atoms with E-state index in [4.69, 9.17) is 15.0 Å². The summed E-state index contributed by atoms with van der Waals surface area (Å²) in [6.07, 6.45) is 20.8. The Kier molecular flexibility index (Phi) is 17.6. The molecule has 44 heavy (non-hydrogen) atoms. The highest BCUT2D eigenvalue weighted by atomic mass is 16.5. The van der Waals surface area contributed by atoms with Gasteiger partial charge in [0, 0.05) is 56.0 Å². The van der Waals surface area contributed by atoms with Crippen molar-refractivity contribution in [1.29, 1.82) is 5.26 Å². The minimum Gasteiger partial charge on any atom is -0.371 e. The van der Waals surface area contributed by atoms with Crippen LogP contribution in [0.3, 0.4) is 0 Å². The minimum atomic E-state index is -0.786. The van der Waals surface area contributed by atoms with E-state index in [-0.39, 0.29) is 11.9 Å². The third kappa shape index (κ3) is 12.4. The lowest BCUT2D eigenvalue weighted by Crippen LogP contribution is -2.58. The lowest BCUT2D eigenvalue weighted by molar-refractivity contribution is -0.155. The number of piperazine rings is 1. The summed E-state index contributed by atoms with van der Waals surface area (Å²) in [5.41, 5.74) is 6.27. The molecule has 1 amide bonds. The van der Waals surface area contributed by atoms with Gasteiger partial charge in [-0.1, -0.05) is 57.1 Å². The molecule has 0 N–H and O–H groups in total. The van der Waals surface area contributed by atoms with Gasteiger partial charge in [-0.2, -0.15) is 5.26 Å². The summed E-state index contributed by atoms with van der Waals surface area (Å²) in [5.74, 6) is 0.719. The molecule has 1 atom stereocenters. The van der Waals surface area contributed by atoms with Crippen LogP contribution < -0.4 is 0 Å². The molecule has 1 unspecified atom stereocenters. The van der Waals surface area contributed by atoms with E-state index >= 15 is 0 Å². The van der Waals surface area contributed by atoms with E-state index in [9.17, 15) is 4.79 Å². The van der Waals surface area contributed by atoms with Crippen molar-refractivity contribution in [1.82, 2.24) is 9.80 Å². The van der Waals surface area contributed by atoms with E-state index in [0.29, 0.717) is 12.5 Å². The number of ether oxygens (including phenoxy) is 1. The summed E-state index contributed by atoms with van der Waals surface area (Å²) in [7, 11) is 1.60. The van der Waals surface area contributed by atoms with Crippen LogP contribution in [0.15, 0.2) is 75.6 Å². The molecule has 1 aliphatic heterocycles. The van der Waals surface area contributed by atoms with Crippen molar-refractivity contribution in [2.75, 3.05) is 26.7 Å². The van der Waals surface area contributed by atoms with Gasteiger partial charge in [-0.3, -0.25) is 9.79 Å². The first-order valence-electron chi connectivity index (χ1n) is 16.5. The number of nitrogens with zero attached hydrogens (tertiary/aromatic N) is 4. The maximum atomic E-state index is 12.9. The minimum absolute atomic E-state index is 0.0635. The molecule has 0 spiro atoms. The number of aliphatic imine (C=N–C) groups is 1. The van der Waals surface area contributed by atoms with Crippen LogP contribution in [0.5, 0.6) is 0 Å². The summed E-state index contributed by atoms with van der Waals surface area (Å²) in [6.45, 7) is 23.1. The van der Waals surface area contributed by atoms with Gasteiger partial charge in [-0.25, -0.2) is 0 Å². The number of allylic oxidation sites excluding steroid dienone is 11. The van der Waals surface area contributed by atoms with Crippen molar-refractivity contribution in [2.45, 2.75) is 119 Å². The number of rotatable bonds is 13. The van der Waals surface area contributed by atoms with Gasteiger partial charge in [0.2, 0.25) is 0 Å². The molecule has 1 heterocycles. The zero-order valence-electron chi connectivity index (χ0n) is 29.7. The van der Waals surface area contributed by atoms with Gasteiger partial charge in [0.05, 0.1) is 11.6 Å². The predicted octanol–water partition coefficient (Wildman–Crippen LogP) is 9.11. The molecule has 0 bridgehead atoms. The third-order valence-corrected chi connectivity index (χ3v) is 8.16. The van der Waals surface area contributed by atoms with E-state index in [1.54, 1.807) is 7.11 Å². The van der Waals surface area contributed by atoms with Crippen LogP contribution in [0.2, 0.25) is 0 Å². The third-order valence-electron chi connectivity index (χ3n) is 8.16. The van der Waals surface area contributed by atoms with Crippen LogP contribution in [-0.4, -0.2) is 59.8 Å². The Balaban J connectivity index is 0.000000582. The maximum absolute atomic E-state index is 12.9. The Labute approximate surface area is 269 Å². The highest BCUT2D eigenvalue weighted by Crippen LogP contribution is 2.41. The van der Waals surface area contributed by atoms with Gasteiger partial charge in [0.25, 0.3) is 5.91 Å². The summed E-state index contributed by atoms with van der Waals surface area (Å²) in [4.78, 5) is 22.1. The number of carbonyl (C=O) groups excluding carboxylic acids is 1. The van der Waals surface area contributed by atoms with E-state index in [2.05, 4.69) is 78.5 Å². The maximum Gasteiger partial charge on any atom is 0.254 e. The predicted molar refractivity (Wildman–Crippen MR) is 187 cm³/mol. The molecule has 0 aromatic heterocycles. The average molecular weight is 605 g/mol. The second kappa shape index (κ2) is 20.0. The molecule has 2 rings (SSSR count). The lowest BCUT2D eigenvalue weighted by atomic mass is 9.94. The van der Waals surface area contributed by atoms with Crippen molar-refractivity contribution >= 4 is 11.6 Å². The Hall–Kier alpha value is -3.17. The van der Waals surface area contributed by atoms with E-state index < -0.39 is 5.60 Å². The molecule has 1 saturated carbocycles. The summed E-state index contributed by atoms with van der Waals surface area (Å²) in [5, 5.41) is 8.85. The molecule has 2 fully saturated rings. The van der Waals surface area contributed by atoms with Gasteiger partial charge in [0.1, 0.15) is 5.60 Å². The lowest BCUT2D eigenvalue weighted by Gasteiger charge is -2.44. The van der Waals surface area contributed by atoms with Crippen molar-refractivity contribution in [3.8, 4) is 6.07 Å². The van der Waals surface area contributed by atoms with Gasteiger partial charge >= 0.3 is 0 Å². The smallest absolute Gasteiger partial charge is 0.254 e. The molecule has 0 radical (unpaired) electrons. The molecule has 0 aromatic rings. The number of methoxy groups -OCH3 is 1. The van der Waals surface area contributed by atoms with E-state index in [0.717, 1.165) is 50.1 Å². The Morgan fingerprint density at radius 2 is 1.75 bits per heavy atom. The molecule has 6 heteroatoms. The van der Waals surface area contributed by atoms with Crippen LogP contribution in [0.1, 0.15) is 108 Å². The first-order chi connectivity index (χ1) is 20.9. The molecule has 1 aliphatic carbocycles. The summed E-state index contributed by atoms with van der Waals surface area (Å²) < 4.78 is 5.43. The highest BCUT2D eigenvalue weighted by molar-refractivity contribution is 6.03. The van der Waals surface area contributed by atoms with Crippen LogP contribution in [0.4, 0.5) is 0 Å². The van der Waals surface area contributed by atoms with Crippen molar-refractivity contribution in [2.24, 2.45) is 10.9 Å². The average Bonchev–Trinajstić information content (AvgIpc) is 3.84. The van der Waals surface area contributed by atoms with Crippen molar-refractivity contribution in [3.05, 3.63) is 70.6 Å². The van der Waals surface area contributed by atoms with Crippen molar-refractivity contribution in [3.63, 3.8) is 0 Å². The van der Waals surface area contributed by atoms with Gasteiger partial charge in [0.15, 0.2) is 0 Å². The normalized spacial score (nSPS) is 19.6. The summed E-state index contributed by atoms with van der Waals surface area (Å²) in [6, 6.07) is 2.31. The zero-order chi connectivity index (χ0) is 33.3. The second-order valence-corrected chi connectivity index (χ2v) is 12.3. The van der Waals surface area contributed by atoms with Gasteiger partial charge in [-0.05, 0) is 104 Å². The quantitative estimate of drug-likeness (QED) is 0.119. The number of hydrogen-bond acceptors (Lipinski definition) is 5. The Morgan fingerprint density at radius 3 is 2.25 bits per heavy atom. The van der Waals surface area contributed by atoms with Gasteiger partial charge < -0.3 is 14.5 Å². The van der Waals surface area contributed by atoms with E-state index in [1.807, 2.05) is 49.3 Å². The zero-order valence-corrected chi connectivity index (χ0v) is 29.7. The highest BCUT2D eigenvalue weighted by Gasteiger charge is 2.37. The largest absolute Gasteiger partial charge is 0.371 e.